The largest absolute Gasteiger partial charge is 0.0996 e. The molecule has 1 fully saturated rings. The molecule has 0 amide bonds. The third kappa shape index (κ3) is 2.69. The number of hydrogen-bond donors (Lipinski definition) is 0. The molecule has 1 rings (SSSR count). The van der Waals surface area contributed by atoms with Crippen molar-refractivity contribution in [3.63, 3.8) is 0 Å². The molecule has 0 bridgehead atoms. The highest BCUT2D eigenvalue weighted by Gasteiger charge is 2.14. The Morgan fingerprint density at radius 3 is 2.45 bits per heavy atom. The summed E-state index contributed by atoms with van der Waals surface area (Å²) in [6, 6.07) is 0. The summed E-state index contributed by atoms with van der Waals surface area (Å²) >= 11 is 0. The van der Waals surface area contributed by atoms with Gasteiger partial charge in [0, 0.05) is 0 Å². The van der Waals surface area contributed by atoms with Gasteiger partial charge in [-0.25, -0.2) is 0 Å². The molecule has 0 aromatic carbocycles. The predicted octanol–water partition coefficient (Wildman–Crippen LogP) is 3.92. The van der Waals surface area contributed by atoms with Crippen LogP contribution < -0.4 is 0 Å². The van der Waals surface area contributed by atoms with Crippen LogP contribution in [0, 0.1) is 5.92 Å². The number of hydrogen-bond acceptors (Lipinski definition) is 0. The number of allylic oxidation sites excluding steroid dienone is 1. The van der Waals surface area contributed by atoms with Crippen LogP contribution in [-0.4, -0.2) is 0 Å². The molecular formula is C11H20. The van der Waals surface area contributed by atoms with Gasteiger partial charge in [0.1, 0.15) is 0 Å². The summed E-state index contributed by atoms with van der Waals surface area (Å²) in [4.78, 5) is 0. The molecule has 0 N–H and O–H groups in total. The lowest BCUT2D eigenvalue weighted by Crippen LogP contribution is -2.08. The average Bonchev–Trinajstić information content (AvgIpc) is 2.07. The fourth-order valence-corrected chi connectivity index (χ4v) is 2.04. The van der Waals surface area contributed by atoms with E-state index in [1.54, 1.807) is 0 Å². The van der Waals surface area contributed by atoms with Crippen LogP contribution in [0.3, 0.4) is 0 Å². The molecule has 0 aromatic heterocycles. The first-order valence-corrected chi connectivity index (χ1v) is 5.02. The van der Waals surface area contributed by atoms with Crippen LogP contribution in [0.5, 0.6) is 0 Å². The summed E-state index contributed by atoms with van der Waals surface area (Å²) in [5.41, 5.74) is 1.52. The second-order valence-corrected chi connectivity index (χ2v) is 3.74. The molecule has 64 valence electrons. The smallest absolute Gasteiger partial charge is 0.0206 e. The van der Waals surface area contributed by atoms with Crippen LogP contribution in [0.25, 0.3) is 0 Å². The maximum Gasteiger partial charge on any atom is -0.0206 e. The zero-order chi connectivity index (χ0) is 8.10. The molecule has 0 nitrogen and oxygen atoms in total. The average molecular weight is 152 g/mol. The van der Waals surface area contributed by atoms with Gasteiger partial charge in [-0.3, -0.25) is 0 Å². The van der Waals surface area contributed by atoms with E-state index in [4.69, 9.17) is 0 Å². The molecular weight excluding hydrogens is 132 g/mol. The van der Waals surface area contributed by atoms with Crippen LogP contribution in [0.4, 0.5) is 0 Å². The molecule has 1 saturated carbocycles. The normalized spacial score (nSPS) is 20.1. The molecule has 0 radical (unpaired) electrons. The Bertz CT molecular complexity index is 118. The first-order chi connectivity index (χ1) is 5.34. The second kappa shape index (κ2) is 4.58. The molecule has 1 aliphatic rings. The Balaban J connectivity index is 2.27. The Morgan fingerprint density at radius 2 is 1.91 bits per heavy atom. The lowest BCUT2D eigenvalue weighted by molar-refractivity contribution is 0.395. The van der Waals surface area contributed by atoms with Crippen molar-refractivity contribution in [3.05, 3.63) is 12.2 Å². The monoisotopic (exact) mass is 152 g/mol. The van der Waals surface area contributed by atoms with Gasteiger partial charge in [-0.1, -0.05) is 44.8 Å². The van der Waals surface area contributed by atoms with Crippen LogP contribution in [0.2, 0.25) is 0 Å². The third-order valence-electron chi connectivity index (χ3n) is 2.75. The van der Waals surface area contributed by atoms with Crippen LogP contribution in [-0.2, 0) is 0 Å². The van der Waals surface area contributed by atoms with Crippen LogP contribution in [0.1, 0.15) is 51.9 Å². The lowest BCUT2D eigenvalue weighted by atomic mass is 9.83. The summed E-state index contributed by atoms with van der Waals surface area (Å²) in [7, 11) is 0. The van der Waals surface area contributed by atoms with Crippen molar-refractivity contribution < 1.29 is 0 Å². The van der Waals surface area contributed by atoms with Crippen molar-refractivity contribution in [2.24, 2.45) is 5.92 Å². The minimum atomic E-state index is 0.878. The van der Waals surface area contributed by atoms with Gasteiger partial charge in [0.25, 0.3) is 0 Å². The zero-order valence-electron chi connectivity index (χ0n) is 7.73. The van der Waals surface area contributed by atoms with E-state index in [9.17, 15) is 0 Å². The van der Waals surface area contributed by atoms with E-state index in [1.807, 2.05) is 0 Å². The molecule has 1 aliphatic carbocycles. The molecule has 0 spiro atoms. The molecule has 0 unspecified atom stereocenters. The highest BCUT2D eigenvalue weighted by Crippen LogP contribution is 2.30. The molecule has 0 atom stereocenters. The van der Waals surface area contributed by atoms with Gasteiger partial charge in [-0.05, 0) is 25.2 Å². The van der Waals surface area contributed by atoms with E-state index in [-0.39, 0.29) is 0 Å². The summed E-state index contributed by atoms with van der Waals surface area (Å²) in [5, 5.41) is 0. The SMILES string of the molecule is C=C(CCC)C1CCCCC1. The molecule has 0 aromatic rings. The molecule has 0 saturated heterocycles. The van der Waals surface area contributed by atoms with Crippen molar-refractivity contribution in [2.45, 2.75) is 51.9 Å². The third-order valence-corrected chi connectivity index (χ3v) is 2.75. The Morgan fingerprint density at radius 1 is 1.27 bits per heavy atom. The minimum absolute atomic E-state index is 0.878. The van der Waals surface area contributed by atoms with E-state index < -0.39 is 0 Å². The highest BCUT2D eigenvalue weighted by atomic mass is 14.2. The molecule has 0 heterocycles. The van der Waals surface area contributed by atoms with Crippen LogP contribution in [0.15, 0.2) is 12.2 Å². The van der Waals surface area contributed by atoms with E-state index in [0.717, 1.165) is 5.92 Å². The van der Waals surface area contributed by atoms with E-state index in [2.05, 4.69) is 13.5 Å². The Hall–Kier alpha value is -0.260. The number of rotatable bonds is 3. The summed E-state index contributed by atoms with van der Waals surface area (Å²) in [6.45, 7) is 6.41. The highest BCUT2D eigenvalue weighted by molar-refractivity contribution is 5.01. The first kappa shape index (κ1) is 8.83. The van der Waals surface area contributed by atoms with Gasteiger partial charge in [-0.2, -0.15) is 0 Å². The van der Waals surface area contributed by atoms with Gasteiger partial charge in [0.05, 0.1) is 0 Å². The minimum Gasteiger partial charge on any atom is -0.0996 e. The summed E-state index contributed by atoms with van der Waals surface area (Å²) in [6.07, 6.45) is 9.69. The van der Waals surface area contributed by atoms with Crippen molar-refractivity contribution in [1.82, 2.24) is 0 Å². The fraction of sp³-hybridized carbons (Fsp3) is 0.818. The quantitative estimate of drug-likeness (QED) is 0.538. The van der Waals surface area contributed by atoms with E-state index in [1.165, 1.54) is 50.5 Å². The molecule has 0 heteroatoms. The van der Waals surface area contributed by atoms with Gasteiger partial charge in [0.15, 0.2) is 0 Å². The predicted molar refractivity (Wildman–Crippen MR) is 50.6 cm³/mol. The standard InChI is InChI=1S/C11H20/c1-3-7-10(2)11-8-5-4-6-9-11/h11H,2-9H2,1H3. The van der Waals surface area contributed by atoms with Crippen molar-refractivity contribution in [1.29, 1.82) is 0 Å². The van der Waals surface area contributed by atoms with Gasteiger partial charge >= 0.3 is 0 Å². The lowest BCUT2D eigenvalue weighted by Gasteiger charge is -2.23. The summed E-state index contributed by atoms with van der Waals surface area (Å²) < 4.78 is 0. The zero-order valence-corrected chi connectivity index (χ0v) is 7.73. The van der Waals surface area contributed by atoms with Gasteiger partial charge < -0.3 is 0 Å². The molecule has 0 aliphatic heterocycles. The fourth-order valence-electron chi connectivity index (χ4n) is 2.04. The maximum atomic E-state index is 4.17. The van der Waals surface area contributed by atoms with E-state index >= 15 is 0 Å². The second-order valence-electron chi connectivity index (χ2n) is 3.74. The summed E-state index contributed by atoms with van der Waals surface area (Å²) in [5.74, 6) is 0.878. The van der Waals surface area contributed by atoms with Crippen molar-refractivity contribution in [3.8, 4) is 0 Å². The van der Waals surface area contributed by atoms with Crippen molar-refractivity contribution in [2.75, 3.05) is 0 Å². The maximum absolute atomic E-state index is 4.17. The van der Waals surface area contributed by atoms with Gasteiger partial charge in [0.2, 0.25) is 0 Å². The van der Waals surface area contributed by atoms with Gasteiger partial charge in [-0.15, -0.1) is 0 Å². The van der Waals surface area contributed by atoms with Crippen molar-refractivity contribution >= 4 is 0 Å². The topological polar surface area (TPSA) is 0 Å². The first-order valence-electron chi connectivity index (χ1n) is 5.02. The van der Waals surface area contributed by atoms with E-state index in [0.29, 0.717) is 0 Å². The molecule has 11 heavy (non-hydrogen) atoms. The Labute approximate surface area is 70.7 Å². The van der Waals surface area contributed by atoms with Crippen LogP contribution >= 0.6 is 0 Å². The Kier molecular flexibility index (Phi) is 3.68.